The molecule has 0 spiro atoms. The van der Waals surface area contributed by atoms with Crippen LogP contribution >= 0.6 is 11.3 Å². The second-order valence-corrected chi connectivity index (χ2v) is 12.1. The second kappa shape index (κ2) is 9.70. The number of benzene rings is 1. The van der Waals surface area contributed by atoms with E-state index in [1.165, 1.54) is 23.5 Å². The van der Waals surface area contributed by atoms with Crippen LogP contribution < -0.4 is 5.32 Å². The lowest BCUT2D eigenvalue weighted by molar-refractivity contribution is -0.110. The van der Waals surface area contributed by atoms with Crippen LogP contribution in [0.4, 0.5) is 5.13 Å². The number of carbonyl (C=O) groups excluding carboxylic acids is 1. The minimum Gasteiger partial charge on any atom is -0.390 e. The van der Waals surface area contributed by atoms with Crippen LogP contribution in [-0.4, -0.2) is 78.8 Å². The van der Waals surface area contributed by atoms with E-state index in [0.29, 0.717) is 62.8 Å². The van der Waals surface area contributed by atoms with E-state index in [1.807, 2.05) is 0 Å². The Balaban J connectivity index is 1.31. The molecule has 0 unspecified atom stereocenters. The molecule has 1 aliphatic carbocycles. The number of hydrogen-bond acceptors (Lipinski definition) is 10. The number of amides is 1. The van der Waals surface area contributed by atoms with Crippen LogP contribution in [0.3, 0.4) is 0 Å². The number of anilines is 1. The normalized spacial score (nSPS) is 21.9. The molecule has 0 bridgehead atoms. The maximum atomic E-state index is 13.1. The van der Waals surface area contributed by atoms with Gasteiger partial charge in [0, 0.05) is 42.7 Å². The monoisotopic (exact) mass is 506 g/mol. The van der Waals surface area contributed by atoms with Gasteiger partial charge in [0.15, 0.2) is 26.8 Å². The first-order valence-corrected chi connectivity index (χ1v) is 13.6. The molecule has 2 aliphatic heterocycles. The number of sulfone groups is 1. The van der Waals surface area contributed by atoms with Crippen molar-refractivity contribution in [2.24, 2.45) is 5.16 Å². The Hall–Kier alpha value is -2.38. The summed E-state index contributed by atoms with van der Waals surface area (Å²) in [5.74, 6) is -0.503. The molecule has 2 saturated heterocycles. The quantitative estimate of drug-likeness (QED) is 0.386. The molecule has 12 heteroatoms. The van der Waals surface area contributed by atoms with E-state index in [1.54, 1.807) is 18.3 Å². The summed E-state index contributed by atoms with van der Waals surface area (Å²) in [6, 6.07) is 6.16. The summed E-state index contributed by atoms with van der Waals surface area (Å²) in [7, 11) is -3.33. The van der Waals surface area contributed by atoms with Crippen LogP contribution in [-0.2, 0) is 30.8 Å². The largest absolute Gasteiger partial charge is 0.390 e. The van der Waals surface area contributed by atoms with Gasteiger partial charge in [0.05, 0.1) is 29.5 Å². The first kappa shape index (κ1) is 23.4. The molecular weight excluding hydrogens is 480 g/mol. The zero-order valence-corrected chi connectivity index (χ0v) is 20.1. The molecule has 3 fully saturated rings. The highest BCUT2D eigenvalue weighted by Crippen LogP contribution is 2.33. The smallest absolute Gasteiger partial charge is 0.280 e. The van der Waals surface area contributed by atoms with Gasteiger partial charge >= 0.3 is 0 Å². The standard InChI is InChI=1S/C22H26N4O6S2/c27-15-10-26(11-15)12-17-9-23-22(33-17)24-21(28)20(25-32-16-7-8-31-13-16)14-1-3-18(4-2-14)34(29,30)19-5-6-19/h1-4,9,15-16,19,27H,5-8,10-13H2,(H,23,24,28)/b25-20+/t16-/m1/s1. The number of aliphatic hydroxyl groups excluding tert-OH is 1. The van der Waals surface area contributed by atoms with E-state index < -0.39 is 15.7 Å². The SMILES string of the molecule is O=C(Nc1ncc(CN2CC(O)C2)s1)/C(=N/O[C@@H]1CCOC1)c1ccc(S(=O)(=O)C2CC2)cc1. The number of likely N-dealkylation sites (tertiary alicyclic amines) is 1. The van der Waals surface area contributed by atoms with Gasteiger partial charge in [-0.05, 0) is 25.0 Å². The van der Waals surface area contributed by atoms with Gasteiger partial charge in [-0.2, -0.15) is 0 Å². The first-order valence-electron chi connectivity index (χ1n) is 11.2. The van der Waals surface area contributed by atoms with E-state index >= 15 is 0 Å². The van der Waals surface area contributed by atoms with Gasteiger partial charge in [0.25, 0.3) is 5.91 Å². The lowest BCUT2D eigenvalue weighted by atomic mass is 10.1. The van der Waals surface area contributed by atoms with Crippen molar-refractivity contribution < 1.29 is 27.9 Å². The maximum Gasteiger partial charge on any atom is 0.280 e. The summed E-state index contributed by atoms with van der Waals surface area (Å²) in [6.07, 6.45) is 3.23. The van der Waals surface area contributed by atoms with Crippen molar-refractivity contribution in [3.63, 3.8) is 0 Å². The number of nitrogens with one attached hydrogen (secondary N) is 1. The molecule has 5 rings (SSSR count). The molecule has 1 amide bonds. The van der Waals surface area contributed by atoms with Crippen molar-refractivity contribution in [3.8, 4) is 0 Å². The van der Waals surface area contributed by atoms with Gasteiger partial charge in [0.1, 0.15) is 0 Å². The predicted octanol–water partition coefficient (Wildman–Crippen LogP) is 1.40. The molecular formula is C22H26N4O6S2. The van der Waals surface area contributed by atoms with Crippen LogP contribution in [0.5, 0.6) is 0 Å². The Kier molecular flexibility index (Phi) is 6.67. The zero-order valence-electron chi connectivity index (χ0n) is 18.4. The van der Waals surface area contributed by atoms with Crippen LogP contribution in [0.15, 0.2) is 40.5 Å². The molecule has 1 aromatic heterocycles. The predicted molar refractivity (Wildman–Crippen MR) is 126 cm³/mol. The van der Waals surface area contributed by atoms with Crippen molar-refractivity contribution in [1.29, 1.82) is 0 Å². The van der Waals surface area contributed by atoms with Crippen molar-refractivity contribution >= 4 is 37.9 Å². The van der Waals surface area contributed by atoms with Gasteiger partial charge in [-0.3, -0.25) is 15.0 Å². The Labute approximate surface area is 201 Å². The number of thiazole rings is 1. The van der Waals surface area contributed by atoms with Crippen molar-refractivity contribution in [2.75, 3.05) is 31.6 Å². The molecule has 1 atom stereocenters. The molecule has 34 heavy (non-hydrogen) atoms. The number of oxime groups is 1. The molecule has 0 radical (unpaired) electrons. The topological polar surface area (TPSA) is 130 Å². The summed E-state index contributed by atoms with van der Waals surface area (Å²) >= 11 is 1.35. The average molecular weight is 507 g/mol. The summed E-state index contributed by atoms with van der Waals surface area (Å²) < 4.78 is 30.3. The summed E-state index contributed by atoms with van der Waals surface area (Å²) in [6.45, 7) is 2.90. The lowest BCUT2D eigenvalue weighted by Crippen LogP contribution is -2.49. The fraction of sp³-hybridized carbons (Fsp3) is 0.500. The van der Waals surface area contributed by atoms with E-state index in [9.17, 15) is 18.3 Å². The molecule has 182 valence electrons. The molecule has 1 saturated carbocycles. The number of ether oxygens (including phenoxy) is 1. The third-order valence-corrected chi connectivity index (χ3v) is 9.08. The van der Waals surface area contributed by atoms with Crippen LogP contribution in [0, 0.1) is 0 Å². The Morgan fingerprint density at radius 3 is 2.68 bits per heavy atom. The Morgan fingerprint density at radius 2 is 2.03 bits per heavy atom. The molecule has 3 heterocycles. The summed E-state index contributed by atoms with van der Waals surface area (Å²) in [5.41, 5.74) is 0.474. The number of rotatable bonds is 9. The van der Waals surface area contributed by atoms with Gasteiger partial charge in [0.2, 0.25) is 0 Å². The second-order valence-electron chi connectivity index (χ2n) is 8.73. The molecule has 3 aliphatic rings. The summed E-state index contributed by atoms with van der Waals surface area (Å²) in [5, 5.41) is 16.4. The number of aliphatic hydroxyl groups is 1. The highest BCUT2D eigenvalue weighted by molar-refractivity contribution is 7.92. The Bertz CT molecular complexity index is 1160. The van der Waals surface area contributed by atoms with Gasteiger partial charge in [-0.25, -0.2) is 13.4 Å². The number of β-amino-alcohol motifs (C(OH)–C–C–N with tert-alkyl or cyclic N) is 1. The number of carbonyl (C=O) groups is 1. The van der Waals surface area contributed by atoms with Crippen LogP contribution in [0.2, 0.25) is 0 Å². The van der Waals surface area contributed by atoms with E-state index in [4.69, 9.17) is 9.57 Å². The van der Waals surface area contributed by atoms with E-state index in [2.05, 4.69) is 20.4 Å². The Morgan fingerprint density at radius 1 is 1.26 bits per heavy atom. The van der Waals surface area contributed by atoms with E-state index in [-0.39, 0.29) is 28.1 Å². The third kappa shape index (κ3) is 5.31. The van der Waals surface area contributed by atoms with Crippen LogP contribution in [0.1, 0.15) is 29.7 Å². The minimum absolute atomic E-state index is 0.0323. The van der Waals surface area contributed by atoms with Crippen molar-refractivity contribution in [1.82, 2.24) is 9.88 Å². The molecule has 10 nitrogen and oxygen atoms in total. The fourth-order valence-electron chi connectivity index (χ4n) is 3.81. The average Bonchev–Trinajstić information content (AvgIpc) is 3.38. The third-order valence-electron chi connectivity index (χ3n) is 5.91. The summed E-state index contributed by atoms with van der Waals surface area (Å²) in [4.78, 5) is 26.2. The number of hydrogen-bond donors (Lipinski definition) is 2. The van der Waals surface area contributed by atoms with Gasteiger partial charge in [-0.1, -0.05) is 17.3 Å². The molecule has 2 N–H and O–H groups in total. The maximum absolute atomic E-state index is 13.1. The number of aromatic nitrogens is 1. The minimum atomic E-state index is -3.33. The van der Waals surface area contributed by atoms with Crippen LogP contribution in [0.25, 0.3) is 0 Å². The fourth-order valence-corrected chi connectivity index (χ4v) is 6.32. The van der Waals surface area contributed by atoms with Crippen molar-refractivity contribution in [2.45, 2.75) is 48.2 Å². The highest BCUT2D eigenvalue weighted by atomic mass is 32.2. The van der Waals surface area contributed by atoms with E-state index in [0.717, 1.165) is 4.88 Å². The first-order chi connectivity index (χ1) is 16.4. The molecule has 2 aromatic rings. The van der Waals surface area contributed by atoms with Crippen molar-refractivity contribution in [3.05, 3.63) is 40.9 Å². The van der Waals surface area contributed by atoms with Gasteiger partial charge in [-0.15, -0.1) is 11.3 Å². The van der Waals surface area contributed by atoms with Gasteiger partial charge < -0.3 is 14.7 Å². The molecule has 1 aromatic carbocycles. The number of nitrogens with zero attached hydrogens (tertiary/aromatic N) is 3. The zero-order chi connectivity index (χ0) is 23.7. The lowest BCUT2D eigenvalue weighted by Gasteiger charge is -2.35. The highest BCUT2D eigenvalue weighted by Gasteiger charge is 2.37.